The molecule has 0 aromatic rings. The monoisotopic (exact) mass is 160 g/mol. The van der Waals surface area contributed by atoms with Crippen molar-refractivity contribution in [2.45, 2.75) is 45.4 Å². The van der Waals surface area contributed by atoms with Crippen LogP contribution in [0.5, 0.6) is 0 Å². The smallest absolute Gasteiger partial charge is 0.0572 e. The average Bonchev–Trinajstić information content (AvgIpc) is 1.81. The lowest BCUT2D eigenvalue weighted by molar-refractivity contribution is 0.841. The van der Waals surface area contributed by atoms with E-state index in [-0.39, 0.29) is 4.87 Å². The third-order valence-electron chi connectivity index (χ3n) is 1.46. The summed E-state index contributed by atoms with van der Waals surface area (Å²) in [6.07, 6.45) is 4.38. The standard InChI is InChI=1S/C9H17Cl/c1-5-8(6-2)7-9(3,4)10/h7H,5-6H2,1-4H3. The van der Waals surface area contributed by atoms with Crippen molar-refractivity contribution in [2.75, 3.05) is 0 Å². The molecule has 0 aromatic heterocycles. The van der Waals surface area contributed by atoms with E-state index in [0.29, 0.717) is 0 Å². The Morgan fingerprint density at radius 3 is 1.80 bits per heavy atom. The zero-order chi connectivity index (χ0) is 8.20. The second-order valence-electron chi connectivity index (χ2n) is 3.07. The van der Waals surface area contributed by atoms with Crippen molar-refractivity contribution in [3.8, 4) is 0 Å². The fourth-order valence-corrected chi connectivity index (χ4v) is 1.09. The SMILES string of the molecule is CCC(=CC(C)(C)Cl)CC. The van der Waals surface area contributed by atoms with Crippen molar-refractivity contribution in [3.63, 3.8) is 0 Å². The van der Waals surface area contributed by atoms with Crippen LogP contribution in [0.2, 0.25) is 0 Å². The molecule has 0 radical (unpaired) electrons. The van der Waals surface area contributed by atoms with Gasteiger partial charge in [0.2, 0.25) is 0 Å². The molecule has 0 spiro atoms. The maximum Gasteiger partial charge on any atom is 0.0572 e. The number of hydrogen-bond acceptors (Lipinski definition) is 0. The lowest BCUT2D eigenvalue weighted by atomic mass is 10.1. The highest BCUT2D eigenvalue weighted by molar-refractivity contribution is 6.24. The Hall–Kier alpha value is 0.0300. The van der Waals surface area contributed by atoms with Gasteiger partial charge in [0.1, 0.15) is 0 Å². The molecule has 60 valence electrons. The van der Waals surface area contributed by atoms with Gasteiger partial charge in [-0.05, 0) is 26.7 Å². The zero-order valence-electron chi connectivity index (χ0n) is 7.37. The summed E-state index contributed by atoms with van der Waals surface area (Å²) in [5, 5.41) is 0. The van der Waals surface area contributed by atoms with Gasteiger partial charge >= 0.3 is 0 Å². The summed E-state index contributed by atoms with van der Waals surface area (Å²) in [4.78, 5) is -0.165. The molecular formula is C9H17Cl. The normalized spacial score (nSPS) is 11.3. The van der Waals surface area contributed by atoms with Crippen molar-refractivity contribution in [1.29, 1.82) is 0 Å². The summed E-state index contributed by atoms with van der Waals surface area (Å²) in [6.45, 7) is 8.36. The van der Waals surface area contributed by atoms with Crippen LogP contribution in [-0.4, -0.2) is 4.87 Å². The summed E-state index contributed by atoms with van der Waals surface area (Å²) in [5.74, 6) is 0. The molecule has 0 amide bonds. The highest BCUT2D eigenvalue weighted by Crippen LogP contribution is 2.19. The number of rotatable bonds is 3. The van der Waals surface area contributed by atoms with Gasteiger partial charge in [-0.2, -0.15) is 0 Å². The van der Waals surface area contributed by atoms with Crippen molar-refractivity contribution < 1.29 is 0 Å². The number of hydrogen-bond donors (Lipinski definition) is 0. The first-order chi connectivity index (χ1) is 4.49. The summed E-state index contributed by atoms with van der Waals surface area (Å²) in [6, 6.07) is 0. The molecule has 0 bridgehead atoms. The van der Waals surface area contributed by atoms with E-state index in [1.165, 1.54) is 5.57 Å². The van der Waals surface area contributed by atoms with E-state index < -0.39 is 0 Å². The van der Waals surface area contributed by atoms with Gasteiger partial charge in [-0.15, -0.1) is 11.6 Å². The van der Waals surface area contributed by atoms with E-state index in [9.17, 15) is 0 Å². The molecule has 0 aliphatic heterocycles. The van der Waals surface area contributed by atoms with Crippen LogP contribution in [0.4, 0.5) is 0 Å². The maximum absolute atomic E-state index is 6.01. The third-order valence-corrected chi connectivity index (χ3v) is 1.56. The van der Waals surface area contributed by atoms with Gasteiger partial charge in [-0.1, -0.05) is 25.5 Å². The van der Waals surface area contributed by atoms with Crippen molar-refractivity contribution in [2.24, 2.45) is 0 Å². The fraction of sp³-hybridized carbons (Fsp3) is 0.778. The van der Waals surface area contributed by atoms with Crippen LogP contribution in [0.15, 0.2) is 11.6 Å². The number of allylic oxidation sites excluding steroid dienone is 2. The fourth-order valence-electron chi connectivity index (χ4n) is 0.940. The summed E-state index contributed by atoms with van der Waals surface area (Å²) >= 11 is 6.01. The Morgan fingerprint density at radius 1 is 1.30 bits per heavy atom. The van der Waals surface area contributed by atoms with Crippen molar-refractivity contribution in [1.82, 2.24) is 0 Å². The molecule has 0 rings (SSSR count). The molecule has 0 unspecified atom stereocenters. The lowest BCUT2D eigenvalue weighted by Crippen LogP contribution is -2.05. The first-order valence-electron chi connectivity index (χ1n) is 3.89. The molecule has 0 atom stereocenters. The maximum atomic E-state index is 6.01. The van der Waals surface area contributed by atoms with Crippen molar-refractivity contribution in [3.05, 3.63) is 11.6 Å². The Labute approximate surface area is 69.3 Å². The van der Waals surface area contributed by atoms with Crippen LogP contribution >= 0.6 is 11.6 Å². The minimum atomic E-state index is -0.165. The molecule has 0 nitrogen and oxygen atoms in total. The zero-order valence-corrected chi connectivity index (χ0v) is 8.13. The Balaban J connectivity index is 4.11. The van der Waals surface area contributed by atoms with Gasteiger partial charge in [-0.25, -0.2) is 0 Å². The summed E-state index contributed by atoms with van der Waals surface area (Å²) in [7, 11) is 0. The lowest BCUT2D eigenvalue weighted by Gasteiger charge is -2.11. The van der Waals surface area contributed by atoms with Gasteiger partial charge < -0.3 is 0 Å². The predicted molar refractivity (Wildman–Crippen MR) is 48.6 cm³/mol. The quantitative estimate of drug-likeness (QED) is 0.436. The van der Waals surface area contributed by atoms with E-state index >= 15 is 0 Å². The van der Waals surface area contributed by atoms with Gasteiger partial charge in [0, 0.05) is 0 Å². The van der Waals surface area contributed by atoms with Gasteiger partial charge in [0.25, 0.3) is 0 Å². The largest absolute Gasteiger partial charge is 0.115 e. The minimum absolute atomic E-state index is 0.165. The van der Waals surface area contributed by atoms with E-state index in [0.717, 1.165) is 12.8 Å². The topological polar surface area (TPSA) is 0 Å². The molecule has 1 heteroatoms. The molecule has 10 heavy (non-hydrogen) atoms. The molecule has 0 N–H and O–H groups in total. The van der Waals surface area contributed by atoms with Crippen LogP contribution in [0.25, 0.3) is 0 Å². The molecule has 0 saturated heterocycles. The average molecular weight is 161 g/mol. The number of alkyl halides is 1. The second-order valence-corrected chi connectivity index (χ2v) is 4.05. The van der Waals surface area contributed by atoms with E-state index in [1.807, 2.05) is 13.8 Å². The van der Waals surface area contributed by atoms with E-state index in [1.54, 1.807) is 0 Å². The predicted octanol–water partition coefficient (Wildman–Crippen LogP) is 3.75. The van der Waals surface area contributed by atoms with E-state index in [2.05, 4.69) is 19.9 Å². The molecular weight excluding hydrogens is 144 g/mol. The van der Waals surface area contributed by atoms with Gasteiger partial charge in [0.15, 0.2) is 0 Å². The minimum Gasteiger partial charge on any atom is -0.115 e. The highest BCUT2D eigenvalue weighted by atomic mass is 35.5. The molecule has 0 aliphatic rings. The van der Waals surface area contributed by atoms with Gasteiger partial charge in [0.05, 0.1) is 4.87 Å². The second kappa shape index (κ2) is 4.02. The van der Waals surface area contributed by atoms with Crippen molar-refractivity contribution >= 4 is 11.6 Å². The van der Waals surface area contributed by atoms with E-state index in [4.69, 9.17) is 11.6 Å². The van der Waals surface area contributed by atoms with Crippen LogP contribution < -0.4 is 0 Å². The van der Waals surface area contributed by atoms with Crippen LogP contribution in [-0.2, 0) is 0 Å². The summed E-state index contributed by atoms with van der Waals surface area (Å²) < 4.78 is 0. The molecule has 0 aliphatic carbocycles. The van der Waals surface area contributed by atoms with Crippen LogP contribution in [0.1, 0.15) is 40.5 Å². The molecule has 0 fully saturated rings. The van der Waals surface area contributed by atoms with Gasteiger partial charge in [-0.3, -0.25) is 0 Å². The first-order valence-corrected chi connectivity index (χ1v) is 4.27. The molecule has 0 aromatic carbocycles. The van der Waals surface area contributed by atoms with Crippen LogP contribution in [0.3, 0.4) is 0 Å². The highest BCUT2D eigenvalue weighted by Gasteiger charge is 2.08. The third kappa shape index (κ3) is 4.87. The Bertz CT molecular complexity index is 111. The Morgan fingerprint density at radius 2 is 1.70 bits per heavy atom. The Kier molecular flexibility index (Phi) is 4.04. The number of halogens is 1. The molecule has 0 saturated carbocycles. The summed E-state index contributed by atoms with van der Waals surface area (Å²) in [5.41, 5.74) is 1.44. The molecule has 0 heterocycles. The van der Waals surface area contributed by atoms with Crippen LogP contribution in [0, 0.1) is 0 Å². The first kappa shape index (κ1) is 10.0.